The predicted molar refractivity (Wildman–Crippen MR) is 310 cm³/mol. The van der Waals surface area contributed by atoms with E-state index >= 15 is 0 Å². The highest BCUT2D eigenvalue weighted by molar-refractivity contribution is 5.80. The van der Waals surface area contributed by atoms with Crippen molar-refractivity contribution >= 4 is 11.9 Å². The molecule has 8 unspecified atom stereocenters. The van der Waals surface area contributed by atoms with Gasteiger partial charge in [0.25, 0.3) is 0 Å². The molecule has 75 heavy (non-hydrogen) atoms. The van der Waals surface area contributed by atoms with Crippen LogP contribution in [0.5, 0.6) is 0 Å². The van der Waals surface area contributed by atoms with E-state index in [9.17, 15) is 35.1 Å². The van der Waals surface area contributed by atoms with Gasteiger partial charge in [0.2, 0.25) is 5.91 Å². The molecule has 1 fully saturated rings. The summed E-state index contributed by atoms with van der Waals surface area (Å²) in [5, 5.41) is 56.9. The summed E-state index contributed by atoms with van der Waals surface area (Å²) in [6.45, 7) is 5.75. The number of allylic oxidation sites excluding steroid dienone is 9. The number of aliphatic hydroxyl groups excluding tert-OH is 5. The van der Waals surface area contributed by atoms with Crippen molar-refractivity contribution in [3.05, 3.63) is 60.8 Å². The number of rotatable bonds is 52. The fourth-order valence-corrected chi connectivity index (χ4v) is 9.46. The minimum atomic E-state index is -1.61. The second-order valence-corrected chi connectivity index (χ2v) is 21.4. The highest BCUT2D eigenvalue weighted by atomic mass is 16.7. The maximum absolute atomic E-state index is 13.4. The summed E-state index contributed by atoms with van der Waals surface area (Å²) in [4.78, 5) is 26.5. The largest absolute Gasteiger partial charge is 0.454 e. The zero-order valence-electron chi connectivity index (χ0n) is 48.2. The molecule has 0 spiro atoms. The van der Waals surface area contributed by atoms with E-state index in [0.717, 1.165) is 96.3 Å². The van der Waals surface area contributed by atoms with Crippen LogP contribution in [-0.4, -0.2) is 99.6 Å². The fourth-order valence-electron chi connectivity index (χ4n) is 9.46. The van der Waals surface area contributed by atoms with E-state index in [4.69, 9.17) is 14.2 Å². The molecular weight excluding hydrogens is 943 g/mol. The van der Waals surface area contributed by atoms with Gasteiger partial charge < -0.3 is 45.1 Å². The number of unbranched alkanes of at least 4 members (excludes halogenated alkanes) is 30. The molecule has 1 heterocycles. The monoisotopic (exact) mass is 1060 g/mol. The van der Waals surface area contributed by atoms with Crippen LogP contribution in [0.4, 0.5) is 0 Å². The topological polar surface area (TPSA) is 175 Å². The minimum absolute atomic E-state index is 0.124. The quantitative estimate of drug-likeness (QED) is 0.0195. The van der Waals surface area contributed by atoms with Crippen molar-refractivity contribution in [2.45, 2.75) is 320 Å². The van der Waals surface area contributed by atoms with Crippen LogP contribution in [0, 0.1) is 0 Å². The molecule has 1 rings (SSSR count). The molecule has 0 radical (unpaired) electrons. The number of hydrogen-bond acceptors (Lipinski definition) is 10. The first-order valence-electron chi connectivity index (χ1n) is 31.1. The van der Waals surface area contributed by atoms with Gasteiger partial charge in [0.05, 0.1) is 25.4 Å². The number of ether oxygens (including phenoxy) is 3. The fraction of sp³-hybridized carbons (Fsp3) is 0.812. The van der Waals surface area contributed by atoms with Gasteiger partial charge in [-0.15, -0.1) is 0 Å². The van der Waals surface area contributed by atoms with Gasteiger partial charge in [-0.3, -0.25) is 9.59 Å². The molecule has 11 heteroatoms. The molecule has 8 atom stereocenters. The highest BCUT2D eigenvalue weighted by Gasteiger charge is 2.47. The Morgan fingerprint density at radius 2 is 0.920 bits per heavy atom. The molecule has 6 N–H and O–H groups in total. The van der Waals surface area contributed by atoms with Gasteiger partial charge in [0.1, 0.15) is 24.4 Å². The van der Waals surface area contributed by atoms with Crippen LogP contribution in [0.15, 0.2) is 60.8 Å². The lowest BCUT2D eigenvalue weighted by Crippen LogP contribution is -2.61. The first kappa shape index (κ1) is 70.4. The van der Waals surface area contributed by atoms with Gasteiger partial charge in [0.15, 0.2) is 12.4 Å². The second kappa shape index (κ2) is 52.1. The van der Waals surface area contributed by atoms with Crippen LogP contribution in [-0.2, 0) is 23.8 Å². The lowest BCUT2D eigenvalue weighted by molar-refractivity contribution is -0.305. The maximum atomic E-state index is 13.4. The lowest BCUT2D eigenvalue weighted by Gasteiger charge is -2.41. The second-order valence-electron chi connectivity index (χ2n) is 21.4. The van der Waals surface area contributed by atoms with E-state index < -0.39 is 67.4 Å². The molecule has 436 valence electrons. The summed E-state index contributed by atoms with van der Waals surface area (Å²) < 4.78 is 17.6. The third-order valence-electron chi connectivity index (χ3n) is 14.4. The van der Waals surface area contributed by atoms with Crippen molar-refractivity contribution < 1.29 is 49.3 Å². The zero-order valence-corrected chi connectivity index (χ0v) is 48.2. The van der Waals surface area contributed by atoms with E-state index in [1.807, 2.05) is 6.08 Å². The maximum Gasteiger partial charge on any atom is 0.306 e. The summed E-state index contributed by atoms with van der Waals surface area (Å²) in [5.41, 5.74) is 0. The first-order chi connectivity index (χ1) is 36.7. The van der Waals surface area contributed by atoms with Crippen LogP contribution in [0.2, 0.25) is 0 Å². The predicted octanol–water partition coefficient (Wildman–Crippen LogP) is 14.6. The Bertz CT molecular complexity index is 1450. The summed E-state index contributed by atoms with van der Waals surface area (Å²) in [5.74, 6) is -1.20. The van der Waals surface area contributed by atoms with E-state index in [2.05, 4.69) is 74.7 Å². The van der Waals surface area contributed by atoms with E-state index in [1.165, 1.54) is 128 Å². The minimum Gasteiger partial charge on any atom is -0.454 e. The van der Waals surface area contributed by atoms with Crippen LogP contribution in [0.3, 0.4) is 0 Å². The van der Waals surface area contributed by atoms with Crippen molar-refractivity contribution in [2.24, 2.45) is 0 Å². The van der Waals surface area contributed by atoms with Gasteiger partial charge in [-0.1, -0.05) is 255 Å². The third kappa shape index (κ3) is 40.2. The van der Waals surface area contributed by atoms with Crippen LogP contribution < -0.4 is 5.32 Å². The van der Waals surface area contributed by atoms with Crippen molar-refractivity contribution in [3.63, 3.8) is 0 Å². The summed E-state index contributed by atoms with van der Waals surface area (Å²) in [6.07, 6.45) is 54.0. The Morgan fingerprint density at radius 3 is 1.40 bits per heavy atom. The van der Waals surface area contributed by atoms with Crippen LogP contribution >= 0.6 is 0 Å². The van der Waals surface area contributed by atoms with Crippen molar-refractivity contribution in [2.75, 3.05) is 13.2 Å². The molecule has 1 saturated heterocycles. The molecule has 11 nitrogen and oxygen atoms in total. The van der Waals surface area contributed by atoms with Crippen LogP contribution in [0.25, 0.3) is 0 Å². The molecule has 0 saturated carbocycles. The molecule has 0 aromatic rings. The Kier molecular flexibility index (Phi) is 48.9. The molecular formula is C64H115NO10. The Morgan fingerprint density at radius 1 is 0.520 bits per heavy atom. The molecule has 0 bridgehead atoms. The lowest BCUT2D eigenvalue weighted by atomic mass is 9.99. The summed E-state index contributed by atoms with van der Waals surface area (Å²) >= 11 is 0. The Balaban J connectivity index is 2.66. The number of esters is 1. The zero-order chi connectivity index (χ0) is 54.7. The van der Waals surface area contributed by atoms with Gasteiger partial charge in [-0.25, -0.2) is 0 Å². The molecule has 0 aromatic heterocycles. The van der Waals surface area contributed by atoms with Crippen LogP contribution in [0.1, 0.15) is 271 Å². The van der Waals surface area contributed by atoms with Gasteiger partial charge >= 0.3 is 5.97 Å². The number of nitrogens with one attached hydrogen (secondary N) is 1. The van der Waals surface area contributed by atoms with E-state index in [0.29, 0.717) is 12.8 Å². The number of carbonyl (C=O) groups is 2. The normalized spacial score (nSPS) is 19.6. The van der Waals surface area contributed by atoms with Crippen molar-refractivity contribution in [3.8, 4) is 0 Å². The SMILES string of the molecule is CCCCC/C=C\C/C=C\C/C=C\C/C=C\CCCCCCCCC(O)C(=O)NC(COC1OC(CO)C(O)C(O)C1OC(=O)CCCCCCCCCCCCCCC)C(O)/C=C/CCCCCCCCCCC. The standard InChI is InChI=1S/C64H115NO10/c1-4-7-10-13-16-19-22-24-25-26-27-28-29-30-31-32-34-36-39-42-45-48-51-57(68)63(72)65-55(56(67)50-47-44-41-38-35-21-18-15-12-9-6-3)54-73-64-62(61(71)60(70)58(53-66)74-64)75-59(69)52-49-46-43-40-37-33-23-20-17-14-11-8-5-2/h16,19,24-25,27-28,30-31,47,50,55-58,60-62,64,66-68,70-71H,4-15,17-18,20-23,26,29,32-46,48-49,51-54H2,1-3H3,(H,65,72)/b19-16-,25-24-,28-27-,31-30-,50-47+. The molecule has 1 aliphatic rings. The first-order valence-corrected chi connectivity index (χ1v) is 31.1. The van der Waals surface area contributed by atoms with Crippen molar-refractivity contribution in [1.29, 1.82) is 0 Å². The average Bonchev–Trinajstić information content (AvgIpc) is 3.41. The van der Waals surface area contributed by atoms with Gasteiger partial charge in [0, 0.05) is 6.42 Å². The van der Waals surface area contributed by atoms with Crippen molar-refractivity contribution in [1.82, 2.24) is 5.32 Å². The molecule has 1 aliphatic heterocycles. The Labute approximate surface area is 458 Å². The van der Waals surface area contributed by atoms with Gasteiger partial charge in [-0.2, -0.15) is 0 Å². The molecule has 0 aliphatic carbocycles. The number of carbonyl (C=O) groups excluding carboxylic acids is 2. The summed E-state index contributed by atoms with van der Waals surface area (Å²) in [6, 6.07) is -1.03. The smallest absolute Gasteiger partial charge is 0.306 e. The molecule has 1 amide bonds. The number of amides is 1. The Hall–Kier alpha value is -2.64. The number of hydrogen-bond donors (Lipinski definition) is 6. The average molecular weight is 1060 g/mol. The van der Waals surface area contributed by atoms with Gasteiger partial charge in [-0.05, 0) is 70.6 Å². The number of aliphatic hydroxyl groups is 5. The molecule has 0 aromatic carbocycles. The van der Waals surface area contributed by atoms with E-state index in [-0.39, 0.29) is 19.4 Å². The summed E-state index contributed by atoms with van der Waals surface area (Å²) in [7, 11) is 0. The van der Waals surface area contributed by atoms with E-state index in [1.54, 1.807) is 6.08 Å². The third-order valence-corrected chi connectivity index (χ3v) is 14.4. The highest BCUT2D eigenvalue weighted by Crippen LogP contribution is 2.26.